The van der Waals surface area contributed by atoms with Gasteiger partial charge in [-0.25, -0.2) is 0 Å². The molecule has 5 nitrogen and oxygen atoms in total. The normalized spacial score (nSPS) is 10.7. The van der Waals surface area contributed by atoms with E-state index >= 15 is 0 Å². The quantitative estimate of drug-likeness (QED) is 0.249. The fourth-order valence-electron chi connectivity index (χ4n) is 0. The van der Waals surface area contributed by atoms with Crippen LogP contribution in [0.4, 0.5) is 0 Å². The Labute approximate surface area is 93.3 Å². The molecule has 0 bridgehead atoms. The topological polar surface area (TPSA) is 115 Å². The van der Waals surface area contributed by atoms with Gasteiger partial charge in [-0.05, 0) is 0 Å². The second-order valence-electron chi connectivity index (χ2n) is 0.894. The standard InChI is InChI=1S/Mo.H3O3PS.H3O2PS2/c;1-4(2,3)5;1-3(2,4)5/h;(H3,1,2,3,5);(H3,1,2,4,5)/q+6;;/p-6. The minimum atomic E-state index is -4.56. The number of hydrogen-bond acceptors (Lipinski definition) is 8. The second-order valence-corrected chi connectivity index (χ2v) is 7.60. The number of rotatable bonds is 0. The van der Waals surface area contributed by atoms with Crippen LogP contribution in [0.3, 0.4) is 0 Å². The van der Waals surface area contributed by atoms with Crippen molar-refractivity contribution < 1.29 is 45.5 Å². The van der Waals surface area contributed by atoms with E-state index in [9.17, 15) is 9.79 Å². The van der Waals surface area contributed by atoms with Gasteiger partial charge in [0, 0.05) is 0 Å². The van der Waals surface area contributed by atoms with E-state index in [2.05, 4.69) is 35.9 Å². The molecule has 0 spiro atoms. The molecule has 0 aliphatic rings. The van der Waals surface area contributed by atoms with Crippen molar-refractivity contribution in [1.82, 2.24) is 0 Å². The molecule has 0 aliphatic heterocycles. The molecule has 0 radical (unpaired) electrons. The molecular weight excluding hydrogens is 334 g/mol. The molecule has 0 aliphatic carbocycles. The van der Waals surface area contributed by atoms with E-state index in [0.717, 1.165) is 0 Å². The summed E-state index contributed by atoms with van der Waals surface area (Å²) in [4.78, 5) is 45.3. The van der Waals surface area contributed by atoms with Gasteiger partial charge in [0.25, 0.3) is 0 Å². The zero-order valence-corrected chi connectivity index (χ0v) is 10.8. The van der Waals surface area contributed by atoms with Gasteiger partial charge in [0.05, 0.1) is 0 Å². The zero-order valence-electron chi connectivity index (χ0n) is 4.57. The summed E-state index contributed by atoms with van der Waals surface area (Å²) in [5, 5.41) is 0. The maximum atomic E-state index is 9.29. The van der Waals surface area contributed by atoms with Gasteiger partial charge in [-0.1, -0.05) is 0 Å². The van der Waals surface area contributed by atoms with Crippen molar-refractivity contribution >= 4 is 48.3 Å². The summed E-state index contributed by atoms with van der Waals surface area (Å²) in [6.07, 6.45) is 0. The molecule has 0 aromatic carbocycles. The maximum absolute atomic E-state index is 9.29. The van der Waals surface area contributed by atoms with Crippen LogP contribution in [-0.4, -0.2) is 0 Å². The molecule has 0 N–H and O–H groups in total. The Morgan fingerprint density at radius 2 is 0.909 bits per heavy atom. The van der Waals surface area contributed by atoms with Gasteiger partial charge < -0.3 is 49.1 Å². The first-order chi connectivity index (χ1) is 4.00. The summed E-state index contributed by atoms with van der Waals surface area (Å²) in [7, 11) is 0. The average Bonchev–Trinajstić information content (AvgIpc) is 1.12. The van der Waals surface area contributed by atoms with Gasteiger partial charge in [0.15, 0.2) is 0 Å². The van der Waals surface area contributed by atoms with Crippen LogP contribution in [0, 0.1) is 0 Å². The van der Waals surface area contributed by atoms with Crippen LogP contribution >= 0.6 is 12.4 Å². The summed E-state index contributed by atoms with van der Waals surface area (Å²) < 4.78 is 0. The largest absolute Gasteiger partial charge is 6.00 e. The first-order valence-electron chi connectivity index (χ1n) is 1.46. The molecule has 0 amide bonds. The Bertz CT molecular complexity index is 132. The smallest absolute Gasteiger partial charge is 0.850 e. The maximum Gasteiger partial charge on any atom is 6.00 e. The van der Waals surface area contributed by atoms with Gasteiger partial charge in [-0.2, -0.15) is 23.6 Å². The zero-order chi connectivity index (χ0) is 9.00. The third kappa shape index (κ3) is 273. The molecule has 11 heavy (non-hydrogen) atoms. The average molecular weight is 334 g/mol. The first kappa shape index (κ1) is 18.8. The predicted octanol–water partition coefficient (Wildman–Crippen LogP) is -4.23. The van der Waals surface area contributed by atoms with Crippen LogP contribution in [0.1, 0.15) is 0 Å². The van der Waals surface area contributed by atoms with Gasteiger partial charge in [-0.15, -0.1) is 0 Å². The van der Waals surface area contributed by atoms with E-state index in [1.807, 2.05) is 0 Å². The van der Waals surface area contributed by atoms with E-state index in [1.165, 1.54) is 0 Å². The van der Waals surface area contributed by atoms with Gasteiger partial charge in [-0.3, -0.25) is 0 Å². The Kier molecular flexibility index (Phi) is 12.9. The summed E-state index contributed by atoms with van der Waals surface area (Å²) in [5.41, 5.74) is -3.72. The minimum Gasteiger partial charge on any atom is -0.850 e. The Morgan fingerprint density at radius 3 is 0.909 bits per heavy atom. The van der Waals surface area contributed by atoms with Crippen LogP contribution in [0.25, 0.3) is 0 Å². The summed E-state index contributed by atoms with van der Waals surface area (Å²) in [6, 6.07) is 0. The molecule has 0 unspecified atom stereocenters. The molecule has 64 valence electrons. The van der Waals surface area contributed by atoms with E-state index < -0.39 is 12.4 Å². The number of hydrogen-bond donors (Lipinski definition) is 0. The van der Waals surface area contributed by atoms with E-state index in [1.54, 1.807) is 0 Å². The molecule has 11 heteroatoms. The van der Waals surface area contributed by atoms with E-state index in [4.69, 9.17) is 14.7 Å². The Hall–Kier alpha value is 2.14. The molecule has 0 atom stereocenters. The molecule has 0 heterocycles. The Morgan fingerprint density at radius 1 is 0.909 bits per heavy atom. The van der Waals surface area contributed by atoms with E-state index in [0.29, 0.717) is 0 Å². The Balaban J connectivity index is -0.000000107. The summed E-state index contributed by atoms with van der Waals surface area (Å²) in [5.74, 6) is 0. The fourth-order valence-corrected chi connectivity index (χ4v) is 0. The molecule has 0 aromatic rings. The van der Waals surface area contributed by atoms with Crippen LogP contribution < -0.4 is 24.5 Å². The molecule has 0 saturated carbocycles. The SMILES string of the molecule is [Mo+6].[O-]P([O-])(=S)[S-].[O-]P([O-])([O-])=S. The third-order valence-corrected chi connectivity index (χ3v) is 0. The third-order valence-electron chi connectivity index (χ3n) is 0. The molecule has 0 aromatic heterocycles. The predicted molar refractivity (Wildman–Crippen MR) is 35.9 cm³/mol. The van der Waals surface area contributed by atoms with Crippen molar-refractivity contribution in [2.45, 2.75) is 0 Å². The summed E-state index contributed by atoms with van der Waals surface area (Å²) >= 11 is 10.6. The van der Waals surface area contributed by atoms with Gasteiger partial charge >= 0.3 is 21.1 Å². The van der Waals surface area contributed by atoms with Crippen LogP contribution in [0.5, 0.6) is 0 Å². The minimum absolute atomic E-state index is 0. The van der Waals surface area contributed by atoms with Gasteiger partial charge in [0.1, 0.15) is 0 Å². The second kappa shape index (κ2) is 7.53. The van der Waals surface area contributed by atoms with Crippen molar-refractivity contribution in [3.63, 3.8) is 0 Å². The first-order valence-corrected chi connectivity index (χ1v) is 7.67. The molecule has 0 rings (SSSR count). The summed E-state index contributed by atoms with van der Waals surface area (Å²) in [6.45, 7) is -4.56. The van der Waals surface area contributed by atoms with Crippen molar-refractivity contribution in [2.75, 3.05) is 0 Å². The molecule has 0 fully saturated rings. The van der Waals surface area contributed by atoms with Crippen molar-refractivity contribution in [1.29, 1.82) is 0 Å². The van der Waals surface area contributed by atoms with Crippen LogP contribution in [0.2, 0.25) is 0 Å². The van der Waals surface area contributed by atoms with Crippen molar-refractivity contribution in [2.24, 2.45) is 0 Å². The van der Waals surface area contributed by atoms with Crippen LogP contribution in [0.15, 0.2) is 0 Å². The fraction of sp³-hybridized carbons (Fsp3) is 0. The van der Waals surface area contributed by atoms with Crippen LogP contribution in [-0.2, 0) is 56.9 Å². The van der Waals surface area contributed by atoms with Crippen molar-refractivity contribution in [3.05, 3.63) is 0 Å². The molecule has 0 saturated heterocycles. The molecular formula is MoO5P2S3. The monoisotopic (exact) mass is 336 g/mol. The van der Waals surface area contributed by atoms with E-state index in [-0.39, 0.29) is 21.1 Å². The van der Waals surface area contributed by atoms with Gasteiger partial charge in [0.2, 0.25) is 0 Å². The van der Waals surface area contributed by atoms with Crippen molar-refractivity contribution in [3.8, 4) is 0 Å².